The van der Waals surface area contributed by atoms with Crippen molar-refractivity contribution in [1.29, 1.82) is 0 Å². The third-order valence-corrected chi connectivity index (χ3v) is 5.25. The molecule has 10 heteroatoms. The van der Waals surface area contributed by atoms with Crippen LogP contribution in [0.3, 0.4) is 0 Å². The molecule has 0 radical (unpaired) electrons. The number of pyridine rings is 1. The summed E-state index contributed by atoms with van der Waals surface area (Å²) in [5.41, 5.74) is -0.473. The standard InChI is InChI=1S/C22H20F3N3O4/c23-22(24,25)13-1-4-18(29)16(11-13)14-5-6-26-20-15(14)2-3-17(21(20)31)27-19(30)12-28-7-9-32-10-8-28/h1-6,11,29,31H,7-10,12H2,(H,27,30). The van der Waals surface area contributed by atoms with Crippen LogP contribution in [-0.2, 0) is 15.7 Å². The van der Waals surface area contributed by atoms with Gasteiger partial charge in [0, 0.05) is 30.2 Å². The largest absolute Gasteiger partial charge is 0.507 e. The number of hydrogen-bond acceptors (Lipinski definition) is 6. The highest BCUT2D eigenvalue weighted by Crippen LogP contribution is 2.41. The first-order valence-corrected chi connectivity index (χ1v) is 9.85. The van der Waals surface area contributed by atoms with E-state index in [0.717, 1.165) is 18.2 Å². The summed E-state index contributed by atoms with van der Waals surface area (Å²) in [4.78, 5) is 18.4. The highest BCUT2D eigenvalue weighted by molar-refractivity contribution is 6.03. The molecule has 1 saturated heterocycles. The van der Waals surface area contributed by atoms with Crippen molar-refractivity contribution in [1.82, 2.24) is 9.88 Å². The molecule has 0 atom stereocenters. The minimum absolute atomic E-state index is 0.0456. The van der Waals surface area contributed by atoms with Crippen LogP contribution in [0.1, 0.15) is 5.56 Å². The predicted molar refractivity (Wildman–Crippen MR) is 111 cm³/mol. The second-order valence-corrected chi connectivity index (χ2v) is 7.38. The molecule has 1 amide bonds. The van der Waals surface area contributed by atoms with E-state index < -0.39 is 11.7 Å². The predicted octanol–water partition coefficient (Wildman–Crippen LogP) is 3.60. The Morgan fingerprint density at radius 3 is 2.56 bits per heavy atom. The second-order valence-electron chi connectivity index (χ2n) is 7.38. The van der Waals surface area contributed by atoms with Crippen LogP contribution in [0.15, 0.2) is 42.6 Å². The highest BCUT2D eigenvalue weighted by atomic mass is 19.4. The van der Waals surface area contributed by atoms with E-state index in [1.54, 1.807) is 0 Å². The van der Waals surface area contributed by atoms with Gasteiger partial charge in [0.25, 0.3) is 0 Å². The zero-order valence-corrected chi connectivity index (χ0v) is 16.8. The highest BCUT2D eigenvalue weighted by Gasteiger charge is 2.31. The molecule has 4 rings (SSSR count). The number of carbonyl (C=O) groups is 1. The van der Waals surface area contributed by atoms with Crippen molar-refractivity contribution < 1.29 is 32.9 Å². The van der Waals surface area contributed by atoms with Gasteiger partial charge in [-0.3, -0.25) is 14.7 Å². The number of alkyl halides is 3. The molecule has 0 bridgehead atoms. The fourth-order valence-electron chi connectivity index (χ4n) is 3.62. The Morgan fingerprint density at radius 2 is 1.84 bits per heavy atom. The van der Waals surface area contributed by atoms with Crippen LogP contribution in [0.4, 0.5) is 18.9 Å². The number of benzene rings is 2. The van der Waals surface area contributed by atoms with Gasteiger partial charge in [-0.2, -0.15) is 13.2 Å². The van der Waals surface area contributed by atoms with Crippen LogP contribution in [-0.4, -0.2) is 58.9 Å². The van der Waals surface area contributed by atoms with E-state index in [0.29, 0.717) is 31.7 Å². The quantitative estimate of drug-likeness (QED) is 0.529. The molecule has 3 aromatic rings. The average Bonchev–Trinajstić information content (AvgIpc) is 2.76. The minimum atomic E-state index is -4.58. The molecule has 1 aliphatic heterocycles. The van der Waals surface area contributed by atoms with Crippen molar-refractivity contribution >= 4 is 22.5 Å². The number of morpholine rings is 1. The van der Waals surface area contributed by atoms with Gasteiger partial charge in [0.15, 0.2) is 5.75 Å². The number of ether oxygens (including phenoxy) is 1. The Bertz CT molecular complexity index is 1160. The first-order valence-electron chi connectivity index (χ1n) is 9.85. The average molecular weight is 447 g/mol. The minimum Gasteiger partial charge on any atom is -0.507 e. The molecule has 0 saturated carbocycles. The summed E-state index contributed by atoms with van der Waals surface area (Å²) >= 11 is 0. The van der Waals surface area contributed by atoms with Crippen LogP contribution in [0, 0.1) is 0 Å². The maximum absolute atomic E-state index is 13.2. The SMILES string of the molecule is O=C(CN1CCOCC1)Nc1ccc2c(-c3cc(C(F)(F)F)ccc3O)ccnc2c1O. The number of halogens is 3. The van der Waals surface area contributed by atoms with E-state index >= 15 is 0 Å². The lowest BCUT2D eigenvalue weighted by Crippen LogP contribution is -2.41. The Labute approximate surface area is 181 Å². The van der Waals surface area contributed by atoms with E-state index in [-0.39, 0.29) is 46.3 Å². The summed E-state index contributed by atoms with van der Waals surface area (Å²) in [5.74, 6) is -0.979. The second kappa shape index (κ2) is 8.64. The molecule has 3 N–H and O–H groups in total. The molecule has 1 fully saturated rings. The third-order valence-electron chi connectivity index (χ3n) is 5.25. The van der Waals surface area contributed by atoms with Crippen LogP contribution in [0.5, 0.6) is 11.5 Å². The molecule has 2 aromatic carbocycles. The lowest BCUT2D eigenvalue weighted by Gasteiger charge is -2.25. The number of rotatable bonds is 4. The number of phenols is 2. The van der Waals surface area contributed by atoms with Crippen molar-refractivity contribution in [2.45, 2.75) is 6.18 Å². The van der Waals surface area contributed by atoms with Gasteiger partial charge in [0.1, 0.15) is 11.3 Å². The maximum Gasteiger partial charge on any atom is 0.416 e. The molecule has 1 aliphatic rings. The van der Waals surface area contributed by atoms with Crippen LogP contribution in [0.25, 0.3) is 22.0 Å². The van der Waals surface area contributed by atoms with Gasteiger partial charge in [-0.15, -0.1) is 0 Å². The van der Waals surface area contributed by atoms with E-state index in [1.165, 1.54) is 24.4 Å². The van der Waals surface area contributed by atoms with Crippen molar-refractivity contribution in [2.75, 3.05) is 38.2 Å². The van der Waals surface area contributed by atoms with Gasteiger partial charge >= 0.3 is 6.18 Å². The molecule has 32 heavy (non-hydrogen) atoms. The number of amides is 1. The fourth-order valence-corrected chi connectivity index (χ4v) is 3.62. The first kappa shape index (κ1) is 21.8. The lowest BCUT2D eigenvalue weighted by molar-refractivity contribution is -0.137. The Balaban J connectivity index is 1.67. The topological polar surface area (TPSA) is 94.9 Å². The van der Waals surface area contributed by atoms with Crippen LogP contribution < -0.4 is 5.32 Å². The molecule has 1 aromatic heterocycles. The zero-order chi connectivity index (χ0) is 22.9. The summed E-state index contributed by atoms with van der Waals surface area (Å²) < 4.78 is 44.7. The van der Waals surface area contributed by atoms with Crippen molar-refractivity contribution in [2.24, 2.45) is 0 Å². The summed E-state index contributed by atoms with van der Waals surface area (Å²) in [6.45, 7) is 2.48. The Kier molecular flexibility index (Phi) is 5.90. The molecular weight excluding hydrogens is 427 g/mol. The van der Waals surface area contributed by atoms with Gasteiger partial charge in [-0.25, -0.2) is 0 Å². The van der Waals surface area contributed by atoms with Gasteiger partial charge in [0.05, 0.1) is 31.0 Å². The van der Waals surface area contributed by atoms with Gasteiger partial charge in [-0.05, 0) is 42.0 Å². The Hall–Kier alpha value is -3.37. The van der Waals surface area contributed by atoms with Gasteiger partial charge in [0.2, 0.25) is 5.91 Å². The van der Waals surface area contributed by atoms with Gasteiger partial charge in [-0.1, -0.05) is 0 Å². The summed E-state index contributed by atoms with van der Waals surface area (Å²) in [7, 11) is 0. The maximum atomic E-state index is 13.2. The molecule has 168 valence electrons. The summed E-state index contributed by atoms with van der Waals surface area (Å²) in [6.07, 6.45) is -3.26. The number of nitrogens with zero attached hydrogens (tertiary/aromatic N) is 2. The summed E-state index contributed by atoms with van der Waals surface area (Å²) in [5, 5.41) is 23.8. The van der Waals surface area contributed by atoms with E-state index in [1.807, 2.05) is 4.90 Å². The summed E-state index contributed by atoms with van der Waals surface area (Å²) in [6, 6.07) is 7.05. The number of fused-ring (bicyclic) bond motifs is 1. The number of nitrogens with one attached hydrogen (secondary N) is 1. The van der Waals surface area contributed by atoms with E-state index in [4.69, 9.17) is 4.74 Å². The number of aromatic nitrogens is 1. The molecule has 0 aliphatic carbocycles. The molecule has 7 nitrogen and oxygen atoms in total. The van der Waals surface area contributed by atoms with E-state index in [2.05, 4.69) is 10.3 Å². The third kappa shape index (κ3) is 4.46. The molecule has 2 heterocycles. The van der Waals surface area contributed by atoms with Crippen molar-refractivity contribution in [3.63, 3.8) is 0 Å². The fraction of sp³-hybridized carbons (Fsp3) is 0.273. The first-order chi connectivity index (χ1) is 15.2. The molecule has 0 spiro atoms. The van der Waals surface area contributed by atoms with Crippen molar-refractivity contribution in [3.8, 4) is 22.6 Å². The van der Waals surface area contributed by atoms with Crippen molar-refractivity contribution in [3.05, 3.63) is 48.2 Å². The smallest absolute Gasteiger partial charge is 0.416 e. The normalized spacial score (nSPS) is 15.1. The molecule has 0 unspecified atom stereocenters. The number of phenolic OH excluding ortho intramolecular Hbond substituents is 2. The zero-order valence-electron chi connectivity index (χ0n) is 16.8. The lowest BCUT2D eigenvalue weighted by atomic mass is 9.98. The van der Waals surface area contributed by atoms with Gasteiger partial charge < -0.3 is 20.3 Å². The number of carbonyl (C=O) groups excluding carboxylic acids is 1. The number of aromatic hydroxyl groups is 2. The number of hydrogen-bond donors (Lipinski definition) is 3. The van der Waals surface area contributed by atoms with Crippen LogP contribution >= 0.6 is 0 Å². The number of anilines is 1. The Morgan fingerprint density at radius 1 is 1.09 bits per heavy atom. The monoisotopic (exact) mass is 447 g/mol. The molecular formula is C22H20F3N3O4. The van der Waals surface area contributed by atoms with E-state index in [9.17, 15) is 28.2 Å². The van der Waals surface area contributed by atoms with Crippen LogP contribution in [0.2, 0.25) is 0 Å².